The summed E-state index contributed by atoms with van der Waals surface area (Å²) in [6, 6.07) is 0.410. The van der Waals surface area contributed by atoms with Gasteiger partial charge in [0.25, 0.3) is 0 Å². The van der Waals surface area contributed by atoms with E-state index in [4.69, 9.17) is 4.74 Å². The summed E-state index contributed by atoms with van der Waals surface area (Å²) in [4.78, 5) is 14.8. The van der Waals surface area contributed by atoms with Crippen LogP contribution in [0, 0.1) is 17.8 Å². The number of hydrogen-bond donors (Lipinski definition) is 0. The van der Waals surface area contributed by atoms with E-state index in [1.807, 2.05) is 0 Å². The lowest BCUT2D eigenvalue weighted by Gasteiger charge is -2.39. The van der Waals surface area contributed by atoms with E-state index in [-0.39, 0.29) is 0 Å². The molecule has 1 amide bonds. The van der Waals surface area contributed by atoms with Gasteiger partial charge in [-0.2, -0.15) is 0 Å². The zero-order valence-corrected chi connectivity index (χ0v) is 10.3. The molecule has 0 aromatic carbocycles. The molecular formula is C14H21NO2. The van der Waals surface area contributed by atoms with Crippen LogP contribution >= 0.6 is 0 Å². The standard InChI is InChI=1S/C14H21NO2/c16-14(11-7-9-6-10(9)8-11)15-4-5-17-13-3-1-2-12(13)15/h9-13H,1-8H2. The molecule has 0 N–H and O–H groups in total. The van der Waals surface area contributed by atoms with Gasteiger partial charge in [0, 0.05) is 12.5 Å². The third-order valence-corrected chi connectivity index (χ3v) is 5.36. The molecular weight excluding hydrogens is 214 g/mol. The zero-order chi connectivity index (χ0) is 11.4. The zero-order valence-electron chi connectivity index (χ0n) is 10.3. The monoisotopic (exact) mass is 235 g/mol. The number of nitrogens with zero attached hydrogens (tertiary/aromatic N) is 1. The molecule has 4 atom stereocenters. The molecule has 1 heterocycles. The fourth-order valence-corrected chi connectivity index (χ4v) is 4.35. The molecule has 17 heavy (non-hydrogen) atoms. The topological polar surface area (TPSA) is 29.5 Å². The number of ether oxygens (including phenoxy) is 1. The van der Waals surface area contributed by atoms with Crippen molar-refractivity contribution in [1.82, 2.24) is 4.90 Å². The molecule has 94 valence electrons. The van der Waals surface area contributed by atoms with Gasteiger partial charge < -0.3 is 9.64 Å². The number of carbonyl (C=O) groups is 1. The normalized spacial score (nSPS) is 47.8. The number of hydrogen-bond acceptors (Lipinski definition) is 2. The van der Waals surface area contributed by atoms with Gasteiger partial charge in [0.05, 0.1) is 18.8 Å². The van der Waals surface area contributed by atoms with Crippen LogP contribution in [0.5, 0.6) is 0 Å². The van der Waals surface area contributed by atoms with Crippen molar-refractivity contribution in [2.24, 2.45) is 17.8 Å². The van der Waals surface area contributed by atoms with Gasteiger partial charge in [-0.1, -0.05) is 0 Å². The minimum atomic E-state index is 0.351. The first-order chi connectivity index (χ1) is 8.33. The molecule has 0 radical (unpaired) electrons. The minimum Gasteiger partial charge on any atom is -0.374 e. The van der Waals surface area contributed by atoms with Crippen LogP contribution in [0.3, 0.4) is 0 Å². The van der Waals surface area contributed by atoms with Gasteiger partial charge in [-0.3, -0.25) is 4.79 Å². The largest absolute Gasteiger partial charge is 0.374 e. The first-order valence-electron chi connectivity index (χ1n) is 7.25. The average molecular weight is 235 g/mol. The van der Waals surface area contributed by atoms with Crippen LogP contribution in [0.2, 0.25) is 0 Å². The molecule has 4 rings (SSSR count). The van der Waals surface area contributed by atoms with Gasteiger partial charge in [-0.05, 0) is 50.4 Å². The van der Waals surface area contributed by atoms with Gasteiger partial charge >= 0.3 is 0 Å². The van der Waals surface area contributed by atoms with Crippen LogP contribution in [0.15, 0.2) is 0 Å². The molecule has 0 aromatic rings. The minimum absolute atomic E-state index is 0.351. The first-order valence-corrected chi connectivity index (χ1v) is 7.25. The smallest absolute Gasteiger partial charge is 0.226 e. The van der Waals surface area contributed by atoms with Crippen LogP contribution in [-0.2, 0) is 9.53 Å². The van der Waals surface area contributed by atoms with E-state index in [1.54, 1.807) is 0 Å². The van der Waals surface area contributed by atoms with Crippen molar-refractivity contribution in [2.45, 2.75) is 50.7 Å². The van der Waals surface area contributed by atoms with Crippen molar-refractivity contribution in [2.75, 3.05) is 13.2 Å². The van der Waals surface area contributed by atoms with E-state index in [0.29, 0.717) is 24.0 Å². The Hall–Kier alpha value is -0.570. The summed E-state index contributed by atoms with van der Waals surface area (Å²) in [6.07, 6.45) is 7.66. The maximum atomic E-state index is 12.6. The van der Waals surface area contributed by atoms with E-state index in [0.717, 1.165) is 37.8 Å². The third kappa shape index (κ3) is 1.62. The second-order valence-electron chi connectivity index (χ2n) is 6.36. The summed E-state index contributed by atoms with van der Waals surface area (Å²) < 4.78 is 5.78. The molecule has 3 saturated carbocycles. The molecule has 1 saturated heterocycles. The number of rotatable bonds is 1. The maximum absolute atomic E-state index is 12.6. The van der Waals surface area contributed by atoms with E-state index in [2.05, 4.69) is 4.90 Å². The first kappa shape index (κ1) is 10.4. The number of fused-ring (bicyclic) bond motifs is 2. The molecule has 1 aliphatic heterocycles. The molecule has 3 nitrogen and oxygen atoms in total. The third-order valence-electron chi connectivity index (χ3n) is 5.36. The molecule has 0 bridgehead atoms. The summed E-state index contributed by atoms with van der Waals surface area (Å²) in [5.74, 6) is 2.63. The predicted molar refractivity (Wildman–Crippen MR) is 63.4 cm³/mol. The summed E-state index contributed by atoms with van der Waals surface area (Å²) in [5, 5.41) is 0. The fourth-order valence-electron chi connectivity index (χ4n) is 4.35. The van der Waals surface area contributed by atoms with Crippen molar-refractivity contribution in [3.63, 3.8) is 0 Å². The number of amides is 1. The van der Waals surface area contributed by atoms with Gasteiger partial charge in [0.15, 0.2) is 0 Å². The van der Waals surface area contributed by atoms with Crippen molar-refractivity contribution >= 4 is 5.91 Å². The molecule has 3 aliphatic carbocycles. The summed E-state index contributed by atoms with van der Waals surface area (Å²) in [5.41, 5.74) is 0. The SMILES string of the molecule is O=C(C1CC2CC2C1)N1CCOC2CCCC21. The summed E-state index contributed by atoms with van der Waals surface area (Å²) in [7, 11) is 0. The Morgan fingerprint density at radius 3 is 2.76 bits per heavy atom. The molecule has 4 fully saturated rings. The molecule has 3 heteroatoms. The Morgan fingerprint density at radius 2 is 1.94 bits per heavy atom. The fraction of sp³-hybridized carbons (Fsp3) is 0.929. The Morgan fingerprint density at radius 1 is 1.12 bits per heavy atom. The summed E-state index contributed by atoms with van der Waals surface area (Å²) in [6.45, 7) is 1.60. The second kappa shape index (κ2) is 3.71. The Balaban J connectivity index is 1.47. The van der Waals surface area contributed by atoms with Crippen molar-refractivity contribution in [1.29, 1.82) is 0 Å². The van der Waals surface area contributed by atoms with Crippen LogP contribution in [0.4, 0.5) is 0 Å². The van der Waals surface area contributed by atoms with Crippen molar-refractivity contribution < 1.29 is 9.53 Å². The predicted octanol–water partition coefficient (Wildman–Crippen LogP) is 1.81. The summed E-state index contributed by atoms with van der Waals surface area (Å²) >= 11 is 0. The highest BCUT2D eigenvalue weighted by Gasteiger charge is 2.50. The number of carbonyl (C=O) groups excluding carboxylic acids is 1. The Kier molecular flexibility index (Phi) is 2.26. The average Bonchev–Trinajstić information content (AvgIpc) is 2.82. The quantitative estimate of drug-likeness (QED) is 0.693. The van der Waals surface area contributed by atoms with Crippen LogP contribution in [0.25, 0.3) is 0 Å². The number of morpholine rings is 1. The highest BCUT2D eigenvalue weighted by Crippen LogP contribution is 2.54. The highest BCUT2D eigenvalue weighted by atomic mass is 16.5. The van der Waals surface area contributed by atoms with Crippen LogP contribution < -0.4 is 0 Å². The lowest BCUT2D eigenvalue weighted by Crippen LogP contribution is -2.52. The van der Waals surface area contributed by atoms with Crippen LogP contribution in [-0.4, -0.2) is 36.1 Å². The van der Waals surface area contributed by atoms with E-state index in [9.17, 15) is 4.79 Å². The Bertz CT molecular complexity index is 333. The van der Waals surface area contributed by atoms with Crippen molar-refractivity contribution in [3.05, 3.63) is 0 Å². The van der Waals surface area contributed by atoms with E-state index in [1.165, 1.54) is 25.7 Å². The van der Waals surface area contributed by atoms with Gasteiger partial charge in [-0.15, -0.1) is 0 Å². The lowest BCUT2D eigenvalue weighted by molar-refractivity contribution is -0.148. The van der Waals surface area contributed by atoms with E-state index >= 15 is 0 Å². The lowest BCUT2D eigenvalue weighted by atomic mass is 9.99. The molecule has 0 aromatic heterocycles. The van der Waals surface area contributed by atoms with E-state index < -0.39 is 0 Å². The van der Waals surface area contributed by atoms with Gasteiger partial charge in [-0.25, -0.2) is 0 Å². The molecule has 4 aliphatic rings. The van der Waals surface area contributed by atoms with Crippen molar-refractivity contribution in [3.8, 4) is 0 Å². The van der Waals surface area contributed by atoms with Gasteiger partial charge in [0.1, 0.15) is 0 Å². The maximum Gasteiger partial charge on any atom is 0.226 e. The Labute approximate surface area is 102 Å². The highest BCUT2D eigenvalue weighted by molar-refractivity contribution is 5.80. The van der Waals surface area contributed by atoms with Gasteiger partial charge in [0.2, 0.25) is 5.91 Å². The van der Waals surface area contributed by atoms with Crippen LogP contribution in [0.1, 0.15) is 38.5 Å². The molecule has 4 unspecified atom stereocenters. The second-order valence-corrected chi connectivity index (χ2v) is 6.36. The molecule has 0 spiro atoms.